The highest BCUT2D eigenvalue weighted by atomic mass is 16.4. The summed E-state index contributed by atoms with van der Waals surface area (Å²) < 4.78 is 0. The zero-order valence-electron chi connectivity index (χ0n) is 12.3. The van der Waals surface area contributed by atoms with E-state index >= 15 is 0 Å². The van der Waals surface area contributed by atoms with Crippen molar-refractivity contribution in [3.8, 4) is 0 Å². The van der Waals surface area contributed by atoms with Gasteiger partial charge in [0.1, 0.15) is 6.04 Å². The van der Waals surface area contributed by atoms with Crippen molar-refractivity contribution in [1.29, 1.82) is 0 Å². The normalized spacial score (nSPS) is 11.5. The molecule has 1 aromatic rings. The molecule has 1 atom stereocenters. The molecule has 1 aromatic carbocycles. The van der Waals surface area contributed by atoms with Crippen molar-refractivity contribution in [3.63, 3.8) is 0 Å². The van der Waals surface area contributed by atoms with E-state index < -0.39 is 12.0 Å². The van der Waals surface area contributed by atoms with Gasteiger partial charge in [-0.25, -0.2) is 9.59 Å². The Hall–Kier alpha value is -2.30. The van der Waals surface area contributed by atoms with Crippen molar-refractivity contribution >= 4 is 12.0 Å². The Morgan fingerprint density at radius 1 is 1.38 bits per heavy atom. The molecule has 0 spiro atoms. The van der Waals surface area contributed by atoms with Gasteiger partial charge in [-0.3, -0.25) is 0 Å². The molecular formula is C16H22N2O3. The zero-order valence-corrected chi connectivity index (χ0v) is 12.3. The number of hydrogen-bond donors (Lipinski definition) is 2. The topological polar surface area (TPSA) is 69.6 Å². The maximum atomic E-state index is 12.1. The number of nitrogens with zero attached hydrogens (tertiary/aromatic N) is 1. The lowest BCUT2D eigenvalue weighted by molar-refractivity contribution is -0.139. The summed E-state index contributed by atoms with van der Waals surface area (Å²) in [7, 11) is 0. The molecule has 0 aliphatic carbocycles. The largest absolute Gasteiger partial charge is 0.480 e. The number of nitrogens with one attached hydrogen (secondary N) is 1. The van der Waals surface area contributed by atoms with E-state index in [9.17, 15) is 14.7 Å². The Labute approximate surface area is 125 Å². The fourth-order valence-electron chi connectivity index (χ4n) is 1.99. The zero-order chi connectivity index (χ0) is 15.7. The van der Waals surface area contributed by atoms with Crippen LogP contribution in [0.25, 0.3) is 0 Å². The Balaban J connectivity index is 2.71. The third-order valence-corrected chi connectivity index (χ3v) is 3.01. The van der Waals surface area contributed by atoms with Gasteiger partial charge in [-0.15, -0.1) is 6.58 Å². The first-order valence-corrected chi connectivity index (χ1v) is 7.01. The number of urea groups is 1. The van der Waals surface area contributed by atoms with Crippen molar-refractivity contribution < 1.29 is 14.7 Å². The number of amides is 2. The lowest BCUT2D eigenvalue weighted by Crippen LogP contribution is -2.49. The van der Waals surface area contributed by atoms with Crippen LogP contribution in [0.2, 0.25) is 0 Å². The van der Waals surface area contributed by atoms with E-state index in [1.807, 2.05) is 37.3 Å². The molecule has 0 saturated carbocycles. The van der Waals surface area contributed by atoms with Gasteiger partial charge in [0.25, 0.3) is 0 Å². The highest BCUT2D eigenvalue weighted by Crippen LogP contribution is 2.04. The molecule has 1 unspecified atom stereocenters. The number of carboxylic acid groups (broad SMARTS) is 1. The second-order valence-electron chi connectivity index (χ2n) is 4.76. The van der Waals surface area contributed by atoms with Crippen molar-refractivity contribution in [1.82, 2.24) is 10.2 Å². The SMILES string of the molecule is C=CCN(CCC)C(=O)NC(Cc1ccccc1)C(=O)O. The number of benzene rings is 1. The van der Waals surface area contributed by atoms with Crippen molar-refractivity contribution in [2.75, 3.05) is 13.1 Å². The van der Waals surface area contributed by atoms with Gasteiger partial charge in [0.2, 0.25) is 0 Å². The Morgan fingerprint density at radius 2 is 2.05 bits per heavy atom. The fourth-order valence-corrected chi connectivity index (χ4v) is 1.99. The first-order valence-electron chi connectivity index (χ1n) is 7.01. The summed E-state index contributed by atoms with van der Waals surface area (Å²) in [5.41, 5.74) is 0.871. The summed E-state index contributed by atoms with van der Waals surface area (Å²) >= 11 is 0. The lowest BCUT2D eigenvalue weighted by Gasteiger charge is -2.23. The number of carboxylic acids is 1. The molecule has 5 nitrogen and oxygen atoms in total. The predicted octanol–water partition coefficient (Wildman–Crippen LogP) is 2.29. The summed E-state index contributed by atoms with van der Waals surface area (Å²) in [6, 6.07) is 7.93. The monoisotopic (exact) mass is 290 g/mol. The van der Waals surface area contributed by atoms with Crippen LogP contribution >= 0.6 is 0 Å². The fraction of sp³-hybridized carbons (Fsp3) is 0.375. The van der Waals surface area contributed by atoms with Gasteiger partial charge in [0, 0.05) is 19.5 Å². The number of rotatable bonds is 8. The molecule has 5 heteroatoms. The van der Waals surface area contributed by atoms with Crippen LogP contribution < -0.4 is 5.32 Å². The van der Waals surface area contributed by atoms with Gasteiger partial charge in [0.15, 0.2) is 0 Å². The number of carbonyl (C=O) groups excluding carboxylic acids is 1. The second kappa shape index (κ2) is 8.79. The van der Waals surface area contributed by atoms with Crippen LogP contribution in [0.1, 0.15) is 18.9 Å². The van der Waals surface area contributed by atoms with E-state index in [4.69, 9.17) is 0 Å². The molecular weight excluding hydrogens is 268 g/mol. The molecule has 21 heavy (non-hydrogen) atoms. The average molecular weight is 290 g/mol. The third kappa shape index (κ3) is 5.69. The molecule has 0 aliphatic heterocycles. The van der Waals surface area contributed by atoms with Gasteiger partial charge in [-0.05, 0) is 12.0 Å². The van der Waals surface area contributed by atoms with E-state index in [0.717, 1.165) is 12.0 Å². The van der Waals surface area contributed by atoms with Crippen LogP contribution in [0.5, 0.6) is 0 Å². The Bertz CT molecular complexity index is 474. The van der Waals surface area contributed by atoms with Crippen molar-refractivity contribution in [3.05, 3.63) is 48.6 Å². The smallest absolute Gasteiger partial charge is 0.326 e. The molecule has 2 amide bonds. The highest BCUT2D eigenvalue weighted by Gasteiger charge is 2.22. The molecule has 0 radical (unpaired) electrons. The first kappa shape index (κ1) is 16.8. The maximum Gasteiger partial charge on any atom is 0.326 e. The van der Waals surface area contributed by atoms with E-state index in [0.29, 0.717) is 13.1 Å². The molecule has 0 saturated heterocycles. The summed E-state index contributed by atoms with van der Waals surface area (Å²) in [6.07, 6.45) is 2.69. The molecule has 0 heterocycles. The van der Waals surface area contributed by atoms with Gasteiger partial charge >= 0.3 is 12.0 Å². The molecule has 0 aromatic heterocycles. The van der Waals surface area contributed by atoms with E-state index in [2.05, 4.69) is 11.9 Å². The summed E-state index contributed by atoms with van der Waals surface area (Å²) in [6.45, 7) is 6.53. The summed E-state index contributed by atoms with van der Waals surface area (Å²) in [5, 5.41) is 11.8. The first-order chi connectivity index (χ1) is 10.1. The van der Waals surface area contributed by atoms with Crippen LogP contribution in [0.3, 0.4) is 0 Å². The van der Waals surface area contributed by atoms with Crippen LogP contribution in [-0.2, 0) is 11.2 Å². The lowest BCUT2D eigenvalue weighted by atomic mass is 10.1. The minimum absolute atomic E-state index is 0.260. The third-order valence-electron chi connectivity index (χ3n) is 3.01. The summed E-state index contributed by atoms with van der Waals surface area (Å²) in [4.78, 5) is 25.0. The quantitative estimate of drug-likeness (QED) is 0.722. The number of carbonyl (C=O) groups is 2. The molecule has 0 fully saturated rings. The maximum absolute atomic E-state index is 12.1. The van der Waals surface area contributed by atoms with E-state index in [1.54, 1.807) is 11.0 Å². The molecule has 2 N–H and O–H groups in total. The van der Waals surface area contributed by atoms with E-state index in [-0.39, 0.29) is 12.5 Å². The minimum atomic E-state index is -1.04. The standard InChI is InChI=1S/C16H22N2O3/c1-3-10-18(11-4-2)16(21)17-14(15(19)20)12-13-8-6-5-7-9-13/h3,5-9,14H,1,4,10-12H2,2H3,(H,17,21)(H,19,20). The highest BCUT2D eigenvalue weighted by molar-refractivity contribution is 5.82. The predicted molar refractivity (Wildman–Crippen MR) is 82.2 cm³/mol. The number of hydrogen-bond acceptors (Lipinski definition) is 2. The van der Waals surface area contributed by atoms with Gasteiger partial charge in [-0.1, -0.05) is 43.3 Å². The van der Waals surface area contributed by atoms with Gasteiger partial charge in [-0.2, -0.15) is 0 Å². The van der Waals surface area contributed by atoms with Crippen molar-refractivity contribution in [2.24, 2.45) is 0 Å². The van der Waals surface area contributed by atoms with Gasteiger partial charge < -0.3 is 15.3 Å². The van der Waals surface area contributed by atoms with Crippen LogP contribution in [0.15, 0.2) is 43.0 Å². The average Bonchev–Trinajstić information content (AvgIpc) is 2.47. The Morgan fingerprint density at radius 3 is 2.57 bits per heavy atom. The van der Waals surface area contributed by atoms with Crippen LogP contribution in [0, 0.1) is 0 Å². The van der Waals surface area contributed by atoms with E-state index in [1.165, 1.54) is 0 Å². The second-order valence-corrected chi connectivity index (χ2v) is 4.76. The van der Waals surface area contributed by atoms with Crippen molar-refractivity contribution in [2.45, 2.75) is 25.8 Å². The minimum Gasteiger partial charge on any atom is -0.480 e. The van der Waals surface area contributed by atoms with Gasteiger partial charge in [0.05, 0.1) is 0 Å². The molecule has 114 valence electrons. The molecule has 0 aliphatic rings. The molecule has 0 bridgehead atoms. The number of aliphatic carboxylic acids is 1. The summed E-state index contributed by atoms with van der Waals surface area (Å²) in [5.74, 6) is -1.04. The van der Waals surface area contributed by atoms with Crippen LogP contribution in [-0.4, -0.2) is 41.1 Å². The molecule has 1 rings (SSSR count). The Kier molecular flexibility index (Phi) is 7.01. The van der Waals surface area contributed by atoms with Crippen LogP contribution in [0.4, 0.5) is 4.79 Å².